The van der Waals surface area contributed by atoms with Crippen LogP contribution in [0.5, 0.6) is 0 Å². The molecule has 0 fully saturated rings. The molecule has 3 N–H and O–H groups in total. The number of amides is 1. The summed E-state index contributed by atoms with van der Waals surface area (Å²) >= 11 is 1.67. The van der Waals surface area contributed by atoms with Gasteiger partial charge in [0, 0.05) is 19.8 Å². The molecule has 1 aromatic carbocycles. The standard InChI is InChI=1S/C14H20N4O2S.2ClH/c1-18(2)14-17-11-8-9(4-5-12(11)20-14)16-13(19)10(15)6-7-21-3;;/h4-5,8,10H,6-7,15H2,1-3H3,(H,16,19);2*1H/t10-;;/m0../s1. The summed E-state index contributed by atoms with van der Waals surface area (Å²) in [4.78, 5) is 18.1. The van der Waals surface area contributed by atoms with Crippen LogP contribution in [-0.2, 0) is 4.79 Å². The number of aromatic nitrogens is 1. The fraction of sp³-hybridized carbons (Fsp3) is 0.429. The van der Waals surface area contributed by atoms with Gasteiger partial charge in [0.2, 0.25) is 5.91 Å². The van der Waals surface area contributed by atoms with E-state index in [1.54, 1.807) is 34.9 Å². The minimum Gasteiger partial charge on any atom is -0.423 e. The highest BCUT2D eigenvalue weighted by molar-refractivity contribution is 7.98. The maximum Gasteiger partial charge on any atom is 0.297 e. The molecule has 9 heteroatoms. The maximum atomic E-state index is 12.0. The van der Waals surface area contributed by atoms with Gasteiger partial charge in [0.05, 0.1) is 6.04 Å². The Labute approximate surface area is 152 Å². The first kappa shape index (κ1) is 21.9. The van der Waals surface area contributed by atoms with E-state index < -0.39 is 6.04 Å². The Hall–Kier alpha value is -1.15. The Balaban J connectivity index is 0.00000242. The van der Waals surface area contributed by atoms with E-state index in [1.165, 1.54) is 0 Å². The van der Waals surface area contributed by atoms with E-state index in [1.807, 2.05) is 20.4 Å². The highest BCUT2D eigenvalue weighted by Gasteiger charge is 2.14. The van der Waals surface area contributed by atoms with Crippen LogP contribution in [0.3, 0.4) is 0 Å². The monoisotopic (exact) mass is 380 g/mol. The van der Waals surface area contributed by atoms with Crippen molar-refractivity contribution < 1.29 is 9.21 Å². The SMILES string of the molecule is CSCC[C@H](N)C(=O)Nc1ccc2oc(N(C)C)nc2c1.Cl.Cl. The smallest absolute Gasteiger partial charge is 0.297 e. The number of nitrogens with two attached hydrogens (primary N) is 1. The molecule has 130 valence electrons. The van der Waals surface area contributed by atoms with Crippen LogP contribution in [0.4, 0.5) is 11.7 Å². The number of thioether (sulfide) groups is 1. The molecule has 0 aliphatic rings. The number of rotatable bonds is 6. The molecule has 2 rings (SSSR count). The number of halogens is 2. The number of hydrogen-bond donors (Lipinski definition) is 2. The van der Waals surface area contributed by atoms with Gasteiger partial charge >= 0.3 is 0 Å². The molecule has 0 saturated heterocycles. The van der Waals surface area contributed by atoms with Crippen molar-refractivity contribution in [2.75, 3.05) is 36.3 Å². The first-order chi connectivity index (χ1) is 10.0. The second-order valence-electron chi connectivity index (χ2n) is 4.95. The van der Waals surface area contributed by atoms with E-state index in [-0.39, 0.29) is 30.7 Å². The summed E-state index contributed by atoms with van der Waals surface area (Å²) in [6.07, 6.45) is 2.65. The number of hydrogen-bond acceptors (Lipinski definition) is 6. The fourth-order valence-corrected chi connectivity index (χ4v) is 2.28. The number of oxazole rings is 1. The van der Waals surface area contributed by atoms with Crippen LogP contribution in [0.2, 0.25) is 0 Å². The molecule has 2 aromatic rings. The average molecular weight is 381 g/mol. The highest BCUT2D eigenvalue weighted by Crippen LogP contribution is 2.23. The summed E-state index contributed by atoms with van der Waals surface area (Å²) in [6.45, 7) is 0. The van der Waals surface area contributed by atoms with Crippen LogP contribution >= 0.6 is 36.6 Å². The Morgan fingerprint density at radius 2 is 2.13 bits per heavy atom. The molecule has 1 amide bonds. The highest BCUT2D eigenvalue weighted by atomic mass is 35.5. The third kappa shape index (κ3) is 5.76. The zero-order chi connectivity index (χ0) is 15.4. The van der Waals surface area contributed by atoms with Gasteiger partial charge in [0.1, 0.15) is 5.52 Å². The average Bonchev–Trinajstić information content (AvgIpc) is 2.88. The van der Waals surface area contributed by atoms with Crippen molar-refractivity contribution in [3.8, 4) is 0 Å². The normalized spacial score (nSPS) is 11.3. The first-order valence-electron chi connectivity index (χ1n) is 6.64. The largest absolute Gasteiger partial charge is 0.423 e. The van der Waals surface area contributed by atoms with E-state index in [0.717, 1.165) is 5.75 Å². The summed E-state index contributed by atoms with van der Waals surface area (Å²) in [5.74, 6) is 0.683. The Bertz CT molecular complexity index is 636. The number of benzene rings is 1. The topological polar surface area (TPSA) is 84.4 Å². The van der Waals surface area contributed by atoms with Crippen LogP contribution in [0.25, 0.3) is 11.1 Å². The number of anilines is 2. The number of fused-ring (bicyclic) bond motifs is 1. The Morgan fingerprint density at radius 1 is 1.43 bits per heavy atom. The van der Waals surface area contributed by atoms with E-state index >= 15 is 0 Å². The van der Waals surface area contributed by atoms with Crippen LogP contribution < -0.4 is 16.0 Å². The number of nitrogens with one attached hydrogen (secondary N) is 1. The molecule has 6 nitrogen and oxygen atoms in total. The van der Waals surface area contributed by atoms with Gasteiger partial charge in [-0.25, -0.2) is 0 Å². The second-order valence-corrected chi connectivity index (χ2v) is 5.94. The van der Waals surface area contributed by atoms with E-state index in [4.69, 9.17) is 10.2 Å². The third-order valence-electron chi connectivity index (χ3n) is 3.00. The molecule has 0 radical (unpaired) electrons. The lowest BCUT2D eigenvalue weighted by Crippen LogP contribution is -2.36. The predicted octanol–water partition coefficient (Wildman–Crippen LogP) is 2.76. The van der Waals surface area contributed by atoms with Gasteiger partial charge in [0.15, 0.2) is 5.58 Å². The molecule has 1 aromatic heterocycles. The summed E-state index contributed by atoms with van der Waals surface area (Å²) in [5, 5.41) is 2.81. The summed E-state index contributed by atoms with van der Waals surface area (Å²) in [7, 11) is 3.72. The van der Waals surface area contributed by atoms with Gasteiger partial charge in [-0.15, -0.1) is 24.8 Å². The molecular weight excluding hydrogens is 359 g/mol. The zero-order valence-electron chi connectivity index (χ0n) is 13.2. The van der Waals surface area contributed by atoms with Crippen molar-refractivity contribution in [3.05, 3.63) is 18.2 Å². The molecule has 0 spiro atoms. The molecule has 0 aliphatic carbocycles. The minimum atomic E-state index is -0.497. The number of carbonyl (C=O) groups is 1. The van der Waals surface area contributed by atoms with Crippen molar-refractivity contribution in [1.82, 2.24) is 4.98 Å². The van der Waals surface area contributed by atoms with E-state index in [2.05, 4.69) is 10.3 Å². The van der Waals surface area contributed by atoms with Gasteiger partial charge in [-0.1, -0.05) is 0 Å². The van der Waals surface area contributed by atoms with Gasteiger partial charge in [-0.05, 0) is 36.6 Å². The number of carbonyl (C=O) groups excluding carboxylic acids is 1. The van der Waals surface area contributed by atoms with Crippen LogP contribution in [-0.4, -0.2) is 43.0 Å². The Morgan fingerprint density at radius 3 is 2.74 bits per heavy atom. The molecule has 1 atom stereocenters. The molecule has 0 saturated carbocycles. The fourth-order valence-electron chi connectivity index (χ4n) is 1.80. The minimum absolute atomic E-state index is 0. The van der Waals surface area contributed by atoms with Crippen molar-refractivity contribution in [2.45, 2.75) is 12.5 Å². The molecule has 0 bridgehead atoms. The molecule has 23 heavy (non-hydrogen) atoms. The second kappa shape index (κ2) is 9.87. The van der Waals surface area contributed by atoms with Crippen LogP contribution in [0, 0.1) is 0 Å². The van der Waals surface area contributed by atoms with Crippen molar-refractivity contribution in [1.29, 1.82) is 0 Å². The van der Waals surface area contributed by atoms with E-state index in [9.17, 15) is 4.79 Å². The number of nitrogens with zero attached hydrogens (tertiary/aromatic N) is 2. The van der Waals surface area contributed by atoms with Gasteiger partial charge in [-0.2, -0.15) is 16.7 Å². The van der Waals surface area contributed by atoms with Crippen LogP contribution in [0.1, 0.15) is 6.42 Å². The summed E-state index contributed by atoms with van der Waals surface area (Å²) < 4.78 is 5.56. The molecule has 0 aliphatic heterocycles. The first-order valence-corrected chi connectivity index (χ1v) is 8.04. The van der Waals surface area contributed by atoms with Crippen molar-refractivity contribution >= 4 is 65.3 Å². The summed E-state index contributed by atoms with van der Waals surface area (Å²) in [5.41, 5.74) is 7.90. The van der Waals surface area contributed by atoms with Gasteiger partial charge in [-0.3, -0.25) is 4.79 Å². The van der Waals surface area contributed by atoms with Crippen molar-refractivity contribution in [3.63, 3.8) is 0 Å². The van der Waals surface area contributed by atoms with Crippen LogP contribution in [0.15, 0.2) is 22.6 Å². The van der Waals surface area contributed by atoms with E-state index in [0.29, 0.717) is 29.2 Å². The lowest BCUT2D eigenvalue weighted by Gasteiger charge is -2.11. The lowest BCUT2D eigenvalue weighted by molar-refractivity contribution is -0.117. The molecule has 0 unspecified atom stereocenters. The van der Waals surface area contributed by atoms with Crippen molar-refractivity contribution in [2.24, 2.45) is 5.73 Å². The zero-order valence-corrected chi connectivity index (χ0v) is 15.7. The predicted molar refractivity (Wildman–Crippen MR) is 102 cm³/mol. The lowest BCUT2D eigenvalue weighted by atomic mass is 10.2. The quantitative estimate of drug-likeness (QED) is 0.801. The van der Waals surface area contributed by atoms with Gasteiger partial charge in [0.25, 0.3) is 6.01 Å². The molecular formula is C14H22Cl2N4O2S. The molecule has 1 heterocycles. The Kier molecular flexibility index (Phi) is 9.38. The maximum absolute atomic E-state index is 12.0. The summed E-state index contributed by atoms with van der Waals surface area (Å²) in [6, 6.07) is 5.39. The third-order valence-corrected chi connectivity index (χ3v) is 3.64. The van der Waals surface area contributed by atoms with Gasteiger partial charge < -0.3 is 20.4 Å².